The molecule has 2 N–H and O–H groups in total. The summed E-state index contributed by atoms with van der Waals surface area (Å²) in [5, 5.41) is 6.89. The van der Waals surface area contributed by atoms with E-state index in [2.05, 4.69) is 77.7 Å². The Labute approximate surface area is 180 Å². The molecule has 0 spiro atoms. The van der Waals surface area contributed by atoms with Crippen molar-refractivity contribution in [2.24, 2.45) is 4.99 Å². The predicted molar refractivity (Wildman–Crippen MR) is 124 cm³/mol. The first-order valence-electron chi connectivity index (χ1n) is 11.0. The number of anilines is 1. The van der Waals surface area contributed by atoms with Crippen molar-refractivity contribution in [1.29, 1.82) is 0 Å². The maximum absolute atomic E-state index is 5.62. The largest absolute Gasteiger partial charge is 0.375 e. The number of hydrogen-bond donors (Lipinski definition) is 2. The smallest absolute Gasteiger partial charge is 0.191 e. The molecular weight excluding hydrogens is 374 g/mol. The molecule has 2 aromatic rings. The summed E-state index contributed by atoms with van der Waals surface area (Å²) in [7, 11) is 0. The van der Waals surface area contributed by atoms with E-state index < -0.39 is 0 Å². The lowest BCUT2D eigenvalue weighted by atomic mass is 10.1. The summed E-state index contributed by atoms with van der Waals surface area (Å²) < 4.78 is 5.62. The first-order chi connectivity index (χ1) is 14.6. The molecule has 0 saturated carbocycles. The van der Waals surface area contributed by atoms with Gasteiger partial charge < -0.3 is 20.3 Å². The number of ether oxygens (including phenoxy) is 1. The number of hydrogen-bond acceptors (Lipinski definition) is 4. The van der Waals surface area contributed by atoms with Crippen LogP contribution in [0.15, 0.2) is 47.6 Å². The second-order valence-electron chi connectivity index (χ2n) is 7.94. The molecule has 1 atom stereocenters. The number of benzene rings is 1. The quantitative estimate of drug-likeness (QED) is 0.396. The van der Waals surface area contributed by atoms with E-state index in [1.54, 1.807) is 0 Å². The molecule has 0 bridgehead atoms. The number of aryl methyl sites for hydroxylation is 1. The van der Waals surface area contributed by atoms with Crippen LogP contribution in [0.2, 0.25) is 0 Å². The zero-order valence-corrected chi connectivity index (χ0v) is 18.5. The van der Waals surface area contributed by atoms with E-state index in [0.717, 1.165) is 63.0 Å². The fourth-order valence-corrected chi connectivity index (χ4v) is 3.34. The van der Waals surface area contributed by atoms with E-state index >= 15 is 0 Å². The lowest BCUT2D eigenvalue weighted by molar-refractivity contribution is 0.0529. The van der Waals surface area contributed by atoms with Crippen LogP contribution in [0.1, 0.15) is 43.4 Å². The minimum absolute atomic E-state index is 0.251. The van der Waals surface area contributed by atoms with Gasteiger partial charge in [-0.1, -0.05) is 49.2 Å². The Morgan fingerprint density at radius 1 is 1.17 bits per heavy atom. The third kappa shape index (κ3) is 7.02. The van der Waals surface area contributed by atoms with Gasteiger partial charge in [-0.25, -0.2) is 9.98 Å². The number of nitrogens with one attached hydrogen (secondary N) is 2. The number of pyridine rings is 1. The highest BCUT2D eigenvalue weighted by molar-refractivity contribution is 5.79. The standard InChI is InChI=1S/C24H35N5O/c1-4-5-12-25-24(27-15-21-8-6-19(2)7-9-21)28-17-22-10-11-23(26-16-22)29-13-14-30-20(3)18-29/h6-11,16,20H,4-5,12-15,17-18H2,1-3H3,(H2,25,27,28). The Morgan fingerprint density at radius 3 is 2.67 bits per heavy atom. The number of nitrogens with zero attached hydrogens (tertiary/aromatic N) is 3. The van der Waals surface area contributed by atoms with Crippen molar-refractivity contribution in [3.05, 3.63) is 59.3 Å². The molecule has 0 amide bonds. The van der Waals surface area contributed by atoms with Gasteiger partial charge in [0.05, 0.1) is 19.3 Å². The summed E-state index contributed by atoms with van der Waals surface area (Å²) in [6, 6.07) is 12.8. The highest BCUT2D eigenvalue weighted by Crippen LogP contribution is 2.15. The fraction of sp³-hybridized carbons (Fsp3) is 0.500. The Morgan fingerprint density at radius 2 is 1.97 bits per heavy atom. The molecule has 1 unspecified atom stereocenters. The molecule has 6 heteroatoms. The third-order valence-corrected chi connectivity index (χ3v) is 5.20. The van der Waals surface area contributed by atoms with E-state index in [4.69, 9.17) is 9.73 Å². The fourth-order valence-electron chi connectivity index (χ4n) is 3.34. The molecule has 162 valence electrons. The van der Waals surface area contributed by atoms with Gasteiger partial charge in [-0.3, -0.25) is 0 Å². The second-order valence-corrected chi connectivity index (χ2v) is 7.94. The molecule has 3 rings (SSSR count). The van der Waals surface area contributed by atoms with Crippen molar-refractivity contribution in [3.8, 4) is 0 Å². The Balaban J connectivity index is 1.58. The van der Waals surface area contributed by atoms with E-state index in [1.807, 2.05) is 6.20 Å². The number of aliphatic imine (C=N–C) groups is 1. The normalized spacial score (nSPS) is 17.1. The molecule has 1 aromatic heterocycles. The molecule has 0 aliphatic carbocycles. The number of rotatable bonds is 8. The molecule has 1 saturated heterocycles. The van der Waals surface area contributed by atoms with Crippen LogP contribution in [0.3, 0.4) is 0 Å². The highest BCUT2D eigenvalue weighted by atomic mass is 16.5. The average Bonchev–Trinajstić information content (AvgIpc) is 2.77. The molecule has 1 aliphatic heterocycles. The van der Waals surface area contributed by atoms with Crippen molar-refractivity contribution < 1.29 is 4.74 Å². The zero-order chi connectivity index (χ0) is 21.2. The monoisotopic (exact) mass is 409 g/mol. The summed E-state index contributed by atoms with van der Waals surface area (Å²) in [4.78, 5) is 11.7. The van der Waals surface area contributed by atoms with Gasteiger partial charge in [0.2, 0.25) is 0 Å². The van der Waals surface area contributed by atoms with Crippen molar-refractivity contribution >= 4 is 11.8 Å². The summed E-state index contributed by atoms with van der Waals surface area (Å²) in [5.74, 6) is 1.85. The number of guanidine groups is 1. The predicted octanol–water partition coefficient (Wildman–Crippen LogP) is 3.65. The van der Waals surface area contributed by atoms with Gasteiger partial charge in [-0.05, 0) is 37.5 Å². The zero-order valence-electron chi connectivity index (χ0n) is 18.5. The first kappa shape index (κ1) is 22.1. The molecule has 1 fully saturated rings. The third-order valence-electron chi connectivity index (χ3n) is 5.20. The van der Waals surface area contributed by atoms with Crippen LogP contribution in [0.4, 0.5) is 5.82 Å². The van der Waals surface area contributed by atoms with Crippen molar-refractivity contribution in [1.82, 2.24) is 15.6 Å². The van der Waals surface area contributed by atoms with Gasteiger partial charge in [0.15, 0.2) is 5.96 Å². The van der Waals surface area contributed by atoms with Crippen LogP contribution in [0.5, 0.6) is 0 Å². The molecule has 30 heavy (non-hydrogen) atoms. The minimum Gasteiger partial charge on any atom is -0.375 e. The number of aromatic nitrogens is 1. The van der Waals surface area contributed by atoms with Gasteiger partial charge >= 0.3 is 0 Å². The van der Waals surface area contributed by atoms with Crippen LogP contribution >= 0.6 is 0 Å². The van der Waals surface area contributed by atoms with Crippen molar-refractivity contribution in [3.63, 3.8) is 0 Å². The average molecular weight is 410 g/mol. The van der Waals surface area contributed by atoms with Crippen molar-refractivity contribution in [2.75, 3.05) is 31.1 Å². The van der Waals surface area contributed by atoms with Crippen LogP contribution in [-0.4, -0.2) is 43.3 Å². The number of morpholine rings is 1. The Hall–Kier alpha value is -2.60. The Kier molecular flexibility index (Phi) is 8.51. The summed E-state index contributed by atoms with van der Waals surface area (Å²) in [6.45, 7) is 11.2. The van der Waals surface area contributed by atoms with Crippen LogP contribution < -0.4 is 15.5 Å². The van der Waals surface area contributed by atoms with E-state index in [0.29, 0.717) is 6.54 Å². The van der Waals surface area contributed by atoms with E-state index in [-0.39, 0.29) is 6.10 Å². The highest BCUT2D eigenvalue weighted by Gasteiger charge is 2.17. The molecule has 1 aliphatic rings. The van der Waals surface area contributed by atoms with Crippen molar-refractivity contribution in [2.45, 2.75) is 52.8 Å². The van der Waals surface area contributed by atoms with Gasteiger partial charge in [-0.15, -0.1) is 0 Å². The second kappa shape index (κ2) is 11.6. The van der Waals surface area contributed by atoms with Gasteiger partial charge in [0.25, 0.3) is 0 Å². The SMILES string of the molecule is CCCCNC(=NCc1ccc(N2CCOC(C)C2)nc1)NCc1ccc(C)cc1. The Bertz CT molecular complexity index is 788. The van der Waals surface area contributed by atoms with Gasteiger partial charge in [0, 0.05) is 32.4 Å². The maximum Gasteiger partial charge on any atom is 0.191 e. The van der Waals surface area contributed by atoms with Crippen LogP contribution in [0.25, 0.3) is 0 Å². The molecular formula is C24H35N5O. The maximum atomic E-state index is 5.62. The van der Waals surface area contributed by atoms with Crippen LogP contribution in [0, 0.1) is 6.92 Å². The first-order valence-corrected chi connectivity index (χ1v) is 11.0. The van der Waals surface area contributed by atoms with Gasteiger partial charge in [-0.2, -0.15) is 0 Å². The summed E-state index contributed by atoms with van der Waals surface area (Å²) in [6.07, 6.45) is 4.47. The number of unbranched alkanes of at least 4 members (excludes halogenated alkanes) is 1. The molecule has 2 heterocycles. The molecule has 0 radical (unpaired) electrons. The lowest BCUT2D eigenvalue weighted by Gasteiger charge is -2.32. The molecule has 1 aromatic carbocycles. The lowest BCUT2D eigenvalue weighted by Crippen LogP contribution is -2.41. The molecule has 6 nitrogen and oxygen atoms in total. The van der Waals surface area contributed by atoms with Crippen LogP contribution in [-0.2, 0) is 17.8 Å². The topological polar surface area (TPSA) is 61.8 Å². The van der Waals surface area contributed by atoms with Gasteiger partial charge in [0.1, 0.15) is 5.82 Å². The summed E-state index contributed by atoms with van der Waals surface area (Å²) in [5.41, 5.74) is 3.62. The summed E-state index contributed by atoms with van der Waals surface area (Å²) >= 11 is 0. The minimum atomic E-state index is 0.251. The van der Waals surface area contributed by atoms with E-state index in [1.165, 1.54) is 11.1 Å². The van der Waals surface area contributed by atoms with E-state index in [9.17, 15) is 0 Å².